The van der Waals surface area contributed by atoms with Gasteiger partial charge >= 0.3 is 6.18 Å². The molecule has 0 bridgehead atoms. The predicted octanol–water partition coefficient (Wildman–Crippen LogP) is 2.60. The Bertz CT molecular complexity index is 563. The van der Waals surface area contributed by atoms with Crippen LogP contribution >= 0.6 is 0 Å². The fraction of sp³-hybridized carbons (Fsp3) is 0.273. The van der Waals surface area contributed by atoms with Crippen molar-refractivity contribution in [1.82, 2.24) is 14.8 Å². The van der Waals surface area contributed by atoms with Crippen LogP contribution in [0.2, 0.25) is 0 Å². The highest BCUT2D eigenvalue weighted by atomic mass is 19.4. The van der Waals surface area contributed by atoms with E-state index in [-0.39, 0.29) is 5.82 Å². The van der Waals surface area contributed by atoms with Gasteiger partial charge in [0.2, 0.25) is 5.88 Å². The molecule has 7 heteroatoms. The molecule has 4 nitrogen and oxygen atoms in total. The molecule has 0 unspecified atom stereocenters. The second kappa shape index (κ2) is 4.32. The van der Waals surface area contributed by atoms with Gasteiger partial charge in [-0.25, -0.2) is 4.68 Å². The molecule has 0 radical (unpaired) electrons. The molecule has 0 saturated heterocycles. The van der Waals surface area contributed by atoms with Crippen LogP contribution in [-0.4, -0.2) is 21.9 Å². The monoisotopic (exact) mass is 257 g/mol. The first-order valence-electron chi connectivity index (χ1n) is 5.05. The molecule has 0 atom stereocenters. The normalized spacial score (nSPS) is 11.6. The van der Waals surface area contributed by atoms with E-state index in [9.17, 15) is 13.2 Å². The summed E-state index contributed by atoms with van der Waals surface area (Å²) < 4.78 is 43.4. The van der Waals surface area contributed by atoms with Gasteiger partial charge in [-0.1, -0.05) is 6.07 Å². The molecule has 0 aliphatic rings. The molecule has 0 amide bonds. The Labute approximate surface area is 101 Å². The number of methoxy groups -OCH3 is 1. The van der Waals surface area contributed by atoms with Gasteiger partial charge in [-0.3, -0.25) is 0 Å². The SMILES string of the molecule is COc1nc(-n2cc(C(F)(F)F)cn2)ccc1C. The van der Waals surface area contributed by atoms with Crippen LogP contribution in [0.5, 0.6) is 5.88 Å². The number of rotatable bonds is 2. The number of ether oxygens (including phenoxy) is 1. The molecule has 18 heavy (non-hydrogen) atoms. The van der Waals surface area contributed by atoms with Gasteiger partial charge in [0, 0.05) is 11.8 Å². The first kappa shape index (κ1) is 12.4. The summed E-state index contributed by atoms with van der Waals surface area (Å²) in [5, 5.41) is 3.64. The average Bonchev–Trinajstić information content (AvgIpc) is 2.78. The summed E-state index contributed by atoms with van der Waals surface area (Å²) in [6, 6.07) is 3.28. The predicted molar refractivity (Wildman–Crippen MR) is 57.7 cm³/mol. The Kier molecular flexibility index (Phi) is 2.98. The van der Waals surface area contributed by atoms with Crippen LogP contribution in [0.1, 0.15) is 11.1 Å². The third-order valence-corrected chi connectivity index (χ3v) is 2.37. The minimum Gasteiger partial charge on any atom is -0.481 e. The summed E-state index contributed by atoms with van der Waals surface area (Å²) in [4.78, 5) is 4.07. The van der Waals surface area contributed by atoms with E-state index in [0.29, 0.717) is 5.88 Å². The molecule has 0 fully saturated rings. The summed E-state index contributed by atoms with van der Waals surface area (Å²) in [7, 11) is 1.45. The highest BCUT2D eigenvalue weighted by Gasteiger charge is 2.32. The van der Waals surface area contributed by atoms with Crippen LogP contribution in [0.4, 0.5) is 13.2 Å². The number of aromatic nitrogens is 3. The molecule has 0 N–H and O–H groups in total. The molecule has 0 aromatic carbocycles. The Hall–Kier alpha value is -2.05. The summed E-state index contributed by atoms with van der Waals surface area (Å²) in [5.74, 6) is 0.629. The molecule has 2 heterocycles. The second-order valence-electron chi connectivity index (χ2n) is 3.67. The standard InChI is InChI=1S/C11H10F3N3O/c1-7-3-4-9(16-10(7)18-2)17-6-8(5-15-17)11(12,13)14/h3-6H,1-2H3. The van der Waals surface area contributed by atoms with E-state index in [4.69, 9.17) is 4.74 Å². The quantitative estimate of drug-likeness (QED) is 0.830. The van der Waals surface area contributed by atoms with Crippen molar-refractivity contribution >= 4 is 0 Å². The van der Waals surface area contributed by atoms with Crippen molar-refractivity contribution in [2.45, 2.75) is 13.1 Å². The van der Waals surface area contributed by atoms with Gasteiger partial charge in [0.05, 0.1) is 18.9 Å². The van der Waals surface area contributed by atoms with E-state index in [1.807, 2.05) is 0 Å². The zero-order valence-corrected chi connectivity index (χ0v) is 9.69. The Morgan fingerprint density at radius 3 is 2.56 bits per heavy atom. The van der Waals surface area contributed by atoms with Crippen molar-refractivity contribution in [1.29, 1.82) is 0 Å². The number of halogens is 3. The van der Waals surface area contributed by atoms with Gasteiger partial charge in [0.1, 0.15) is 0 Å². The van der Waals surface area contributed by atoms with E-state index in [1.54, 1.807) is 19.1 Å². The minimum absolute atomic E-state index is 0.271. The van der Waals surface area contributed by atoms with Crippen LogP contribution in [-0.2, 0) is 6.18 Å². The molecule has 2 aromatic heterocycles. The van der Waals surface area contributed by atoms with Crippen LogP contribution in [0.25, 0.3) is 5.82 Å². The highest BCUT2D eigenvalue weighted by Crippen LogP contribution is 2.29. The summed E-state index contributed by atoms with van der Waals surface area (Å²) in [6.07, 6.45) is -2.77. The van der Waals surface area contributed by atoms with Gasteiger partial charge in [-0.2, -0.15) is 23.3 Å². The molecular weight excluding hydrogens is 247 g/mol. The van der Waals surface area contributed by atoms with Gasteiger partial charge in [-0.15, -0.1) is 0 Å². The van der Waals surface area contributed by atoms with Crippen molar-refractivity contribution in [3.05, 3.63) is 35.7 Å². The number of nitrogens with zero attached hydrogens (tertiary/aromatic N) is 3. The number of alkyl halides is 3. The maximum absolute atomic E-state index is 12.4. The van der Waals surface area contributed by atoms with Gasteiger partial charge in [-0.05, 0) is 13.0 Å². The molecule has 96 valence electrons. The number of aryl methyl sites for hydroxylation is 1. The fourth-order valence-electron chi connectivity index (χ4n) is 1.43. The summed E-state index contributed by atoms with van der Waals surface area (Å²) in [5.41, 5.74) is -0.0201. The van der Waals surface area contributed by atoms with Crippen molar-refractivity contribution in [2.24, 2.45) is 0 Å². The van der Waals surface area contributed by atoms with E-state index >= 15 is 0 Å². The van der Waals surface area contributed by atoms with Crippen molar-refractivity contribution in [3.63, 3.8) is 0 Å². The topological polar surface area (TPSA) is 39.9 Å². The summed E-state index contributed by atoms with van der Waals surface area (Å²) in [6.45, 7) is 1.79. The third kappa shape index (κ3) is 2.29. The lowest BCUT2D eigenvalue weighted by atomic mass is 10.3. The molecule has 2 rings (SSSR count). The zero-order valence-electron chi connectivity index (χ0n) is 9.69. The lowest BCUT2D eigenvalue weighted by Gasteiger charge is -2.06. The van der Waals surface area contributed by atoms with Gasteiger partial charge in [0.25, 0.3) is 0 Å². The van der Waals surface area contributed by atoms with Crippen molar-refractivity contribution in [2.75, 3.05) is 7.11 Å². The van der Waals surface area contributed by atoms with E-state index in [0.717, 1.165) is 22.6 Å². The zero-order chi connectivity index (χ0) is 13.3. The van der Waals surface area contributed by atoms with Crippen LogP contribution in [0.3, 0.4) is 0 Å². The molecular formula is C11H10F3N3O. The highest BCUT2D eigenvalue weighted by molar-refractivity contribution is 5.33. The Balaban J connectivity index is 2.40. The van der Waals surface area contributed by atoms with Crippen LogP contribution in [0.15, 0.2) is 24.5 Å². The van der Waals surface area contributed by atoms with E-state index in [1.165, 1.54) is 7.11 Å². The Morgan fingerprint density at radius 2 is 2.00 bits per heavy atom. The molecule has 0 aliphatic heterocycles. The lowest BCUT2D eigenvalue weighted by Crippen LogP contribution is -2.04. The number of pyridine rings is 1. The average molecular weight is 257 g/mol. The largest absolute Gasteiger partial charge is 0.481 e. The van der Waals surface area contributed by atoms with E-state index < -0.39 is 11.7 Å². The molecule has 0 aliphatic carbocycles. The molecule has 0 saturated carbocycles. The Morgan fingerprint density at radius 1 is 1.28 bits per heavy atom. The molecule has 0 spiro atoms. The molecule has 2 aromatic rings. The number of hydrogen-bond acceptors (Lipinski definition) is 3. The maximum Gasteiger partial charge on any atom is 0.419 e. The van der Waals surface area contributed by atoms with E-state index in [2.05, 4.69) is 10.1 Å². The van der Waals surface area contributed by atoms with Crippen molar-refractivity contribution < 1.29 is 17.9 Å². The van der Waals surface area contributed by atoms with Gasteiger partial charge in [0.15, 0.2) is 5.82 Å². The van der Waals surface area contributed by atoms with Crippen LogP contribution in [0, 0.1) is 6.92 Å². The smallest absolute Gasteiger partial charge is 0.419 e. The van der Waals surface area contributed by atoms with Gasteiger partial charge < -0.3 is 4.74 Å². The van der Waals surface area contributed by atoms with Crippen LogP contribution < -0.4 is 4.74 Å². The first-order valence-corrected chi connectivity index (χ1v) is 5.05. The third-order valence-electron chi connectivity index (χ3n) is 2.37. The fourth-order valence-corrected chi connectivity index (χ4v) is 1.43. The van der Waals surface area contributed by atoms with Crippen molar-refractivity contribution in [3.8, 4) is 11.7 Å². The maximum atomic E-state index is 12.4. The summed E-state index contributed by atoms with van der Waals surface area (Å²) >= 11 is 0. The number of hydrogen-bond donors (Lipinski definition) is 0. The second-order valence-corrected chi connectivity index (χ2v) is 3.67. The first-order chi connectivity index (χ1) is 8.41. The minimum atomic E-state index is -4.41. The lowest BCUT2D eigenvalue weighted by molar-refractivity contribution is -0.137.